The zero-order valence-corrected chi connectivity index (χ0v) is 14.8. The molecule has 0 bridgehead atoms. The number of ether oxygens (including phenoxy) is 1. The van der Waals surface area contributed by atoms with Gasteiger partial charge in [0.1, 0.15) is 11.7 Å². The smallest absolute Gasteiger partial charge is 0.323 e. The Kier molecular flexibility index (Phi) is 4.99. The molecular formula is C23H22O2. The number of benzene rings is 3. The van der Waals surface area contributed by atoms with E-state index in [2.05, 4.69) is 0 Å². The summed E-state index contributed by atoms with van der Waals surface area (Å²) in [5.41, 5.74) is 5.07. The van der Waals surface area contributed by atoms with Crippen molar-refractivity contribution in [3.63, 3.8) is 0 Å². The number of para-hydroxylation sites is 1. The lowest BCUT2D eigenvalue weighted by atomic mass is 9.86. The summed E-state index contributed by atoms with van der Waals surface area (Å²) in [6, 6.07) is 23.6. The van der Waals surface area contributed by atoms with E-state index in [4.69, 9.17) is 4.74 Å². The van der Waals surface area contributed by atoms with Crippen LogP contribution in [0.25, 0.3) is 0 Å². The molecule has 25 heavy (non-hydrogen) atoms. The van der Waals surface area contributed by atoms with Crippen molar-refractivity contribution in [2.24, 2.45) is 0 Å². The van der Waals surface area contributed by atoms with Crippen LogP contribution in [0.1, 0.15) is 33.7 Å². The molecule has 0 fully saturated rings. The van der Waals surface area contributed by atoms with Crippen molar-refractivity contribution in [2.45, 2.75) is 26.7 Å². The molecule has 0 N–H and O–H groups in total. The van der Waals surface area contributed by atoms with Gasteiger partial charge in [0.15, 0.2) is 0 Å². The van der Waals surface area contributed by atoms with Crippen molar-refractivity contribution in [2.75, 3.05) is 0 Å². The summed E-state index contributed by atoms with van der Waals surface area (Å²) in [6.45, 7) is 6.00. The Labute approximate surface area is 149 Å². The first-order valence-electron chi connectivity index (χ1n) is 8.46. The summed E-state index contributed by atoms with van der Waals surface area (Å²) < 4.78 is 5.79. The predicted molar refractivity (Wildman–Crippen MR) is 101 cm³/mol. The van der Waals surface area contributed by atoms with E-state index in [1.807, 2.05) is 93.6 Å². The molecule has 0 heterocycles. The molecule has 0 saturated heterocycles. The standard InChI is InChI=1S/C23H22O2/c1-16-10-4-7-13-19(16)22(20-14-8-5-11-17(20)2)23(24)25-21-15-9-6-12-18(21)3/h4-15,22H,1-3H3. The first kappa shape index (κ1) is 17.0. The van der Waals surface area contributed by atoms with Crippen molar-refractivity contribution < 1.29 is 9.53 Å². The summed E-state index contributed by atoms with van der Waals surface area (Å²) >= 11 is 0. The average molecular weight is 330 g/mol. The summed E-state index contributed by atoms with van der Waals surface area (Å²) in [5, 5.41) is 0. The molecule has 0 amide bonds. The van der Waals surface area contributed by atoms with Crippen LogP contribution in [0.15, 0.2) is 72.8 Å². The van der Waals surface area contributed by atoms with E-state index < -0.39 is 5.92 Å². The van der Waals surface area contributed by atoms with Crippen molar-refractivity contribution in [1.82, 2.24) is 0 Å². The number of hydrogen-bond acceptors (Lipinski definition) is 2. The van der Waals surface area contributed by atoms with E-state index in [0.717, 1.165) is 27.8 Å². The van der Waals surface area contributed by atoms with Gasteiger partial charge < -0.3 is 4.74 Å². The zero-order valence-electron chi connectivity index (χ0n) is 14.8. The normalized spacial score (nSPS) is 10.7. The van der Waals surface area contributed by atoms with E-state index in [1.165, 1.54) is 0 Å². The Bertz CT molecular complexity index is 850. The zero-order chi connectivity index (χ0) is 17.8. The number of carbonyl (C=O) groups excluding carboxylic acids is 1. The molecule has 3 rings (SSSR count). The average Bonchev–Trinajstić information content (AvgIpc) is 2.60. The van der Waals surface area contributed by atoms with Gasteiger partial charge >= 0.3 is 5.97 Å². The summed E-state index contributed by atoms with van der Waals surface area (Å²) in [7, 11) is 0. The maximum absolute atomic E-state index is 13.1. The largest absolute Gasteiger partial charge is 0.426 e. The van der Waals surface area contributed by atoms with Crippen LogP contribution in [0.5, 0.6) is 5.75 Å². The van der Waals surface area contributed by atoms with E-state index in [1.54, 1.807) is 0 Å². The Morgan fingerprint density at radius 1 is 0.680 bits per heavy atom. The van der Waals surface area contributed by atoms with Gasteiger partial charge in [-0.05, 0) is 54.7 Å². The highest BCUT2D eigenvalue weighted by Gasteiger charge is 2.27. The molecule has 0 aliphatic carbocycles. The molecule has 126 valence electrons. The second-order valence-electron chi connectivity index (χ2n) is 6.33. The Morgan fingerprint density at radius 2 is 1.12 bits per heavy atom. The Balaban J connectivity index is 2.06. The van der Waals surface area contributed by atoms with Gasteiger partial charge in [0.05, 0.1) is 0 Å². The van der Waals surface area contributed by atoms with Gasteiger partial charge in [0.2, 0.25) is 0 Å². The maximum atomic E-state index is 13.1. The van der Waals surface area contributed by atoms with Crippen molar-refractivity contribution in [3.05, 3.63) is 101 Å². The van der Waals surface area contributed by atoms with E-state index >= 15 is 0 Å². The molecule has 0 atom stereocenters. The third kappa shape index (κ3) is 3.63. The summed E-state index contributed by atoms with van der Waals surface area (Å²) in [4.78, 5) is 13.1. The lowest BCUT2D eigenvalue weighted by Crippen LogP contribution is -2.22. The van der Waals surface area contributed by atoms with Crippen LogP contribution >= 0.6 is 0 Å². The van der Waals surface area contributed by atoms with Crippen LogP contribution in [0.2, 0.25) is 0 Å². The molecule has 0 spiro atoms. The number of aryl methyl sites for hydroxylation is 3. The monoisotopic (exact) mass is 330 g/mol. The van der Waals surface area contributed by atoms with Crippen LogP contribution in [0.4, 0.5) is 0 Å². The molecule has 0 radical (unpaired) electrons. The summed E-state index contributed by atoms with van der Waals surface area (Å²) in [6.07, 6.45) is 0. The van der Waals surface area contributed by atoms with Gasteiger partial charge in [-0.3, -0.25) is 4.79 Å². The van der Waals surface area contributed by atoms with E-state index in [9.17, 15) is 4.79 Å². The molecule has 3 aromatic carbocycles. The van der Waals surface area contributed by atoms with Crippen LogP contribution in [-0.2, 0) is 4.79 Å². The molecule has 2 nitrogen and oxygen atoms in total. The van der Waals surface area contributed by atoms with Gasteiger partial charge in [-0.2, -0.15) is 0 Å². The SMILES string of the molecule is Cc1ccccc1OC(=O)C(c1ccccc1C)c1ccccc1C. The van der Waals surface area contributed by atoms with Gasteiger partial charge in [0.25, 0.3) is 0 Å². The fourth-order valence-electron chi connectivity index (χ4n) is 3.08. The van der Waals surface area contributed by atoms with E-state index in [0.29, 0.717) is 5.75 Å². The minimum atomic E-state index is -0.443. The van der Waals surface area contributed by atoms with Crippen molar-refractivity contribution in [3.8, 4) is 5.75 Å². The quantitative estimate of drug-likeness (QED) is 0.476. The molecule has 0 saturated carbocycles. The first-order valence-corrected chi connectivity index (χ1v) is 8.46. The molecule has 3 aromatic rings. The summed E-state index contributed by atoms with van der Waals surface area (Å²) in [5.74, 6) is -0.0837. The topological polar surface area (TPSA) is 26.3 Å². The third-order valence-electron chi connectivity index (χ3n) is 4.54. The van der Waals surface area contributed by atoms with Crippen molar-refractivity contribution in [1.29, 1.82) is 0 Å². The van der Waals surface area contributed by atoms with Gasteiger partial charge in [-0.1, -0.05) is 66.7 Å². The second kappa shape index (κ2) is 7.35. The minimum Gasteiger partial charge on any atom is -0.426 e. The van der Waals surface area contributed by atoms with Crippen LogP contribution in [-0.4, -0.2) is 5.97 Å². The first-order chi connectivity index (χ1) is 12.1. The van der Waals surface area contributed by atoms with Gasteiger partial charge in [0, 0.05) is 0 Å². The highest BCUT2D eigenvalue weighted by molar-refractivity contribution is 5.85. The number of rotatable bonds is 4. The Hall–Kier alpha value is -2.87. The van der Waals surface area contributed by atoms with Crippen molar-refractivity contribution >= 4 is 5.97 Å². The Morgan fingerprint density at radius 3 is 1.60 bits per heavy atom. The fraction of sp³-hybridized carbons (Fsp3) is 0.174. The van der Waals surface area contributed by atoms with Crippen LogP contribution < -0.4 is 4.74 Å². The van der Waals surface area contributed by atoms with Gasteiger partial charge in [-0.15, -0.1) is 0 Å². The predicted octanol–water partition coefficient (Wildman–Crippen LogP) is 5.35. The minimum absolute atomic E-state index is 0.252. The molecule has 0 unspecified atom stereocenters. The molecule has 0 aliphatic rings. The molecular weight excluding hydrogens is 308 g/mol. The number of hydrogen-bond donors (Lipinski definition) is 0. The molecule has 2 heteroatoms. The van der Waals surface area contributed by atoms with E-state index in [-0.39, 0.29) is 5.97 Å². The highest BCUT2D eigenvalue weighted by atomic mass is 16.5. The highest BCUT2D eigenvalue weighted by Crippen LogP contribution is 2.31. The second-order valence-corrected chi connectivity index (χ2v) is 6.33. The maximum Gasteiger partial charge on any atom is 0.323 e. The number of carbonyl (C=O) groups is 1. The lowest BCUT2D eigenvalue weighted by Gasteiger charge is -2.21. The fourth-order valence-corrected chi connectivity index (χ4v) is 3.08. The molecule has 0 aromatic heterocycles. The third-order valence-corrected chi connectivity index (χ3v) is 4.54. The number of esters is 1. The van der Waals surface area contributed by atoms with Gasteiger partial charge in [-0.25, -0.2) is 0 Å². The molecule has 0 aliphatic heterocycles. The lowest BCUT2D eigenvalue weighted by molar-refractivity contribution is -0.135. The van der Waals surface area contributed by atoms with Crippen LogP contribution in [0, 0.1) is 20.8 Å². The van der Waals surface area contributed by atoms with Crippen LogP contribution in [0.3, 0.4) is 0 Å².